The lowest BCUT2D eigenvalue weighted by atomic mass is 10.1. The molecule has 3 aromatic rings. The predicted molar refractivity (Wildman–Crippen MR) is 86.7 cm³/mol. The molecule has 1 aliphatic heterocycles. The molecule has 0 fully saturated rings. The Hall–Kier alpha value is -3.28. The number of fused-ring (bicyclic) bond motifs is 1. The molecule has 0 spiro atoms. The molecule has 0 aliphatic carbocycles. The highest BCUT2D eigenvalue weighted by Gasteiger charge is 2.36. The van der Waals surface area contributed by atoms with Crippen LogP contribution in [0.1, 0.15) is 33.5 Å². The first kappa shape index (κ1) is 14.3. The van der Waals surface area contributed by atoms with E-state index in [-0.39, 0.29) is 11.8 Å². The maximum Gasteiger partial charge on any atom is 0.266 e. The Labute approximate surface area is 137 Å². The molecule has 118 valence electrons. The first-order chi connectivity index (χ1) is 11.7. The van der Waals surface area contributed by atoms with Crippen LogP contribution in [0.3, 0.4) is 0 Å². The summed E-state index contributed by atoms with van der Waals surface area (Å²) in [6, 6.07) is 13.7. The summed E-state index contributed by atoms with van der Waals surface area (Å²) in [4.78, 5) is 30.4. The lowest BCUT2D eigenvalue weighted by molar-refractivity contribution is 0.0926. The Morgan fingerprint density at radius 1 is 0.958 bits per heavy atom. The van der Waals surface area contributed by atoms with Crippen molar-refractivity contribution in [3.8, 4) is 11.5 Å². The first-order valence-electron chi connectivity index (χ1n) is 7.60. The third kappa shape index (κ3) is 2.11. The van der Waals surface area contributed by atoms with E-state index in [1.165, 1.54) is 4.90 Å². The molecule has 0 radical (unpaired) electrons. The molecular weight excluding hydrogens is 306 g/mol. The van der Waals surface area contributed by atoms with E-state index in [1.807, 2.05) is 6.92 Å². The lowest BCUT2D eigenvalue weighted by Crippen LogP contribution is -2.29. The van der Waals surface area contributed by atoms with Crippen LogP contribution in [0.25, 0.3) is 11.5 Å². The summed E-state index contributed by atoms with van der Waals surface area (Å²) in [5.74, 6) is 0.430. The molecule has 6 heteroatoms. The summed E-state index contributed by atoms with van der Waals surface area (Å²) in [6.07, 6.45) is 0.691. The van der Waals surface area contributed by atoms with Crippen molar-refractivity contribution in [2.24, 2.45) is 0 Å². The highest BCUT2D eigenvalue weighted by molar-refractivity contribution is 6.34. The van der Waals surface area contributed by atoms with Gasteiger partial charge in [0.1, 0.15) is 0 Å². The first-order valence-corrected chi connectivity index (χ1v) is 7.60. The zero-order valence-electron chi connectivity index (χ0n) is 12.9. The Morgan fingerprint density at radius 3 is 2.12 bits per heavy atom. The van der Waals surface area contributed by atoms with Crippen molar-refractivity contribution in [1.82, 2.24) is 10.1 Å². The number of hydrogen-bond acceptors (Lipinski definition) is 5. The quantitative estimate of drug-likeness (QED) is 0.693. The molecule has 0 unspecified atom stereocenters. The third-order valence-corrected chi connectivity index (χ3v) is 3.95. The number of carbonyl (C=O) groups is 2. The van der Waals surface area contributed by atoms with Crippen LogP contribution in [-0.2, 0) is 6.42 Å². The number of amides is 2. The van der Waals surface area contributed by atoms with Crippen molar-refractivity contribution >= 4 is 17.5 Å². The van der Waals surface area contributed by atoms with Gasteiger partial charge in [0.05, 0.1) is 16.8 Å². The lowest BCUT2D eigenvalue weighted by Gasteiger charge is -2.13. The molecule has 2 aromatic carbocycles. The van der Waals surface area contributed by atoms with E-state index >= 15 is 0 Å². The number of aromatic nitrogens is 2. The number of benzene rings is 2. The van der Waals surface area contributed by atoms with Crippen molar-refractivity contribution < 1.29 is 14.1 Å². The van der Waals surface area contributed by atoms with E-state index in [1.54, 1.807) is 48.5 Å². The number of rotatable bonds is 3. The maximum atomic E-state index is 12.5. The average Bonchev–Trinajstić information content (AvgIpc) is 3.20. The average molecular weight is 319 g/mol. The second kappa shape index (κ2) is 5.42. The number of hydrogen-bond donors (Lipinski definition) is 0. The molecule has 6 nitrogen and oxygen atoms in total. The van der Waals surface area contributed by atoms with Crippen LogP contribution in [0.15, 0.2) is 53.1 Å². The molecule has 0 N–H and O–H groups in total. The fourth-order valence-electron chi connectivity index (χ4n) is 2.69. The number of anilines is 1. The second-order valence-electron chi connectivity index (χ2n) is 5.41. The Balaban J connectivity index is 1.67. The van der Waals surface area contributed by atoms with E-state index in [2.05, 4.69) is 10.1 Å². The van der Waals surface area contributed by atoms with Crippen LogP contribution in [-0.4, -0.2) is 22.0 Å². The Kier molecular flexibility index (Phi) is 3.23. The van der Waals surface area contributed by atoms with Gasteiger partial charge in [-0.05, 0) is 36.4 Å². The van der Waals surface area contributed by atoms with Crippen LogP contribution < -0.4 is 4.90 Å². The number of carbonyl (C=O) groups excluding carboxylic acids is 2. The van der Waals surface area contributed by atoms with Gasteiger partial charge >= 0.3 is 0 Å². The van der Waals surface area contributed by atoms with E-state index < -0.39 is 0 Å². The van der Waals surface area contributed by atoms with Crippen LogP contribution in [0.5, 0.6) is 0 Å². The summed E-state index contributed by atoms with van der Waals surface area (Å²) < 4.78 is 5.19. The molecular formula is C18H13N3O3. The molecule has 0 saturated carbocycles. The second-order valence-corrected chi connectivity index (χ2v) is 5.41. The topological polar surface area (TPSA) is 76.3 Å². The zero-order valence-corrected chi connectivity index (χ0v) is 12.9. The number of imide groups is 1. The standard InChI is InChI=1S/C18H13N3O3/c1-2-15-19-16(24-20-15)11-7-9-12(10-8-11)21-17(22)13-5-3-4-6-14(13)18(21)23/h3-10H,2H2,1H3. The van der Waals surface area contributed by atoms with E-state index in [4.69, 9.17) is 4.52 Å². The van der Waals surface area contributed by atoms with Gasteiger partial charge in [-0.25, -0.2) is 4.90 Å². The predicted octanol–water partition coefficient (Wildman–Crippen LogP) is 3.10. The summed E-state index contributed by atoms with van der Waals surface area (Å²) in [5, 5.41) is 3.86. The normalized spacial score (nSPS) is 13.5. The van der Waals surface area contributed by atoms with Gasteiger partial charge in [-0.2, -0.15) is 4.98 Å². The van der Waals surface area contributed by atoms with Crippen molar-refractivity contribution in [2.75, 3.05) is 4.90 Å². The van der Waals surface area contributed by atoms with Crippen molar-refractivity contribution in [3.63, 3.8) is 0 Å². The Bertz CT molecular complexity index is 909. The molecule has 1 aromatic heterocycles. The molecule has 0 bridgehead atoms. The minimum atomic E-state index is -0.311. The van der Waals surface area contributed by atoms with Gasteiger partial charge in [0.15, 0.2) is 5.82 Å². The van der Waals surface area contributed by atoms with Gasteiger partial charge in [0, 0.05) is 12.0 Å². The molecule has 2 amide bonds. The van der Waals surface area contributed by atoms with Gasteiger partial charge in [-0.15, -0.1) is 0 Å². The van der Waals surface area contributed by atoms with Crippen molar-refractivity contribution in [3.05, 3.63) is 65.5 Å². The van der Waals surface area contributed by atoms with Crippen LogP contribution in [0, 0.1) is 0 Å². The van der Waals surface area contributed by atoms with Gasteiger partial charge in [-0.1, -0.05) is 24.2 Å². The van der Waals surface area contributed by atoms with Gasteiger partial charge < -0.3 is 4.52 Å². The van der Waals surface area contributed by atoms with E-state index in [0.717, 1.165) is 5.56 Å². The SMILES string of the molecule is CCc1noc(-c2ccc(N3C(=O)c4ccccc4C3=O)cc2)n1. The van der Waals surface area contributed by atoms with Crippen molar-refractivity contribution in [2.45, 2.75) is 13.3 Å². The van der Waals surface area contributed by atoms with Gasteiger partial charge in [0.2, 0.25) is 0 Å². The zero-order chi connectivity index (χ0) is 16.7. The third-order valence-electron chi connectivity index (χ3n) is 3.95. The monoisotopic (exact) mass is 319 g/mol. The fourth-order valence-corrected chi connectivity index (χ4v) is 2.69. The molecule has 2 heterocycles. The summed E-state index contributed by atoms with van der Waals surface area (Å²) >= 11 is 0. The van der Waals surface area contributed by atoms with Gasteiger partial charge in [-0.3, -0.25) is 9.59 Å². The minimum Gasteiger partial charge on any atom is -0.334 e. The smallest absolute Gasteiger partial charge is 0.266 e. The Morgan fingerprint density at radius 2 is 1.58 bits per heavy atom. The van der Waals surface area contributed by atoms with E-state index in [9.17, 15) is 9.59 Å². The summed E-state index contributed by atoms with van der Waals surface area (Å²) in [6.45, 7) is 1.94. The molecule has 0 atom stereocenters. The maximum absolute atomic E-state index is 12.5. The molecule has 24 heavy (non-hydrogen) atoms. The molecule has 0 saturated heterocycles. The molecule has 1 aliphatic rings. The van der Waals surface area contributed by atoms with E-state index in [0.29, 0.717) is 35.0 Å². The van der Waals surface area contributed by atoms with Crippen molar-refractivity contribution in [1.29, 1.82) is 0 Å². The number of nitrogens with zero attached hydrogens (tertiary/aromatic N) is 3. The summed E-state index contributed by atoms with van der Waals surface area (Å²) in [5.41, 5.74) is 2.11. The highest BCUT2D eigenvalue weighted by Crippen LogP contribution is 2.29. The van der Waals surface area contributed by atoms with Crippen LogP contribution >= 0.6 is 0 Å². The highest BCUT2D eigenvalue weighted by atomic mass is 16.5. The van der Waals surface area contributed by atoms with Crippen LogP contribution in [0.4, 0.5) is 5.69 Å². The number of aryl methyl sites for hydroxylation is 1. The van der Waals surface area contributed by atoms with Gasteiger partial charge in [0.25, 0.3) is 17.7 Å². The van der Waals surface area contributed by atoms with Crippen LogP contribution in [0.2, 0.25) is 0 Å². The molecule has 4 rings (SSSR count). The largest absolute Gasteiger partial charge is 0.334 e. The fraction of sp³-hybridized carbons (Fsp3) is 0.111. The minimum absolute atomic E-state index is 0.311. The summed E-state index contributed by atoms with van der Waals surface area (Å²) in [7, 11) is 0.